The molecule has 2 aromatic carbocycles. The van der Waals surface area contributed by atoms with Crippen LogP contribution < -0.4 is 4.74 Å². The minimum absolute atomic E-state index is 0.206. The highest BCUT2D eigenvalue weighted by molar-refractivity contribution is 5.64. The molecule has 0 aliphatic rings. The lowest BCUT2D eigenvalue weighted by Crippen LogP contribution is -1.85. The maximum atomic E-state index is 13.4. The molecule has 0 N–H and O–H groups in total. The van der Waals surface area contributed by atoms with Gasteiger partial charge in [-0.3, -0.25) is 0 Å². The zero-order chi connectivity index (χ0) is 10.7. The van der Waals surface area contributed by atoms with E-state index in [4.69, 9.17) is 4.74 Å². The Morgan fingerprint density at radius 2 is 1.60 bits per heavy atom. The number of hydrogen-bond donors (Lipinski definition) is 0. The molecule has 0 amide bonds. The molecule has 0 spiro atoms. The van der Waals surface area contributed by atoms with E-state index in [0.29, 0.717) is 5.56 Å². The van der Waals surface area contributed by atoms with Crippen molar-refractivity contribution in [3.63, 3.8) is 0 Å². The summed E-state index contributed by atoms with van der Waals surface area (Å²) in [5.41, 5.74) is 1.47. The van der Waals surface area contributed by atoms with Crippen LogP contribution in [0.1, 0.15) is 0 Å². The van der Waals surface area contributed by atoms with Crippen molar-refractivity contribution in [2.24, 2.45) is 0 Å². The normalized spacial score (nSPS) is 10.0. The topological polar surface area (TPSA) is 9.23 Å². The first-order valence-electron chi connectivity index (χ1n) is 4.70. The Bertz CT molecular complexity index is 448. The average molecular weight is 202 g/mol. The van der Waals surface area contributed by atoms with E-state index in [-0.39, 0.29) is 5.82 Å². The fourth-order valence-electron chi connectivity index (χ4n) is 1.47. The van der Waals surface area contributed by atoms with E-state index < -0.39 is 0 Å². The highest BCUT2D eigenvalue weighted by Gasteiger charge is 2.03. The van der Waals surface area contributed by atoms with Gasteiger partial charge in [0.25, 0.3) is 0 Å². The summed E-state index contributed by atoms with van der Waals surface area (Å²) in [7, 11) is 1.61. The summed E-state index contributed by atoms with van der Waals surface area (Å²) in [6, 6.07) is 14.1. The summed E-state index contributed by atoms with van der Waals surface area (Å²) in [5, 5.41) is 0. The standard InChI is InChI=1S/C13H11FO/c1-15-11-8-6-10(7-9-11)12-4-2-3-5-13(12)14/h2-9H,1H3. The number of halogens is 1. The molecule has 0 aliphatic heterocycles. The Balaban J connectivity index is 2.42. The van der Waals surface area contributed by atoms with Gasteiger partial charge in [-0.1, -0.05) is 30.3 Å². The van der Waals surface area contributed by atoms with Gasteiger partial charge in [0.1, 0.15) is 11.6 Å². The van der Waals surface area contributed by atoms with E-state index in [2.05, 4.69) is 0 Å². The molecular weight excluding hydrogens is 191 g/mol. The quantitative estimate of drug-likeness (QED) is 0.724. The Hall–Kier alpha value is -1.83. The highest BCUT2D eigenvalue weighted by atomic mass is 19.1. The lowest BCUT2D eigenvalue weighted by molar-refractivity contribution is 0.415. The van der Waals surface area contributed by atoms with Crippen LogP contribution in [-0.2, 0) is 0 Å². The van der Waals surface area contributed by atoms with Crippen LogP contribution in [-0.4, -0.2) is 7.11 Å². The van der Waals surface area contributed by atoms with Crippen molar-refractivity contribution in [3.05, 3.63) is 54.3 Å². The summed E-state index contributed by atoms with van der Waals surface area (Å²) in [5.74, 6) is 0.567. The van der Waals surface area contributed by atoms with Crippen LogP contribution in [0.2, 0.25) is 0 Å². The van der Waals surface area contributed by atoms with E-state index in [1.807, 2.05) is 30.3 Å². The predicted octanol–water partition coefficient (Wildman–Crippen LogP) is 3.50. The van der Waals surface area contributed by atoms with Gasteiger partial charge in [-0.25, -0.2) is 4.39 Å². The Kier molecular flexibility index (Phi) is 2.68. The lowest BCUT2D eigenvalue weighted by atomic mass is 10.1. The molecule has 0 radical (unpaired) electrons. The third-order valence-corrected chi connectivity index (χ3v) is 2.27. The first-order valence-corrected chi connectivity index (χ1v) is 4.70. The van der Waals surface area contributed by atoms with Gasteiger partial charge in [0.05, 0.1) is 7.11 Å². The number of methoxy groups -OCH3 is 1. The molecule has 1 nitrogen and oxygen atoms in total. The Morgan fingerprint density at radius 1 is 0.933 bits per heavy atom. The second-order valence-electron chi connectivity index (χ2n) is 3.21. The Labute approximate surface area is 88.1 Å². The molecule has 2 heteroatoms. The third kappa shape index (κ3) is 1.99. The predicted molar refractivity (Wildman–Crippen MR) is 58.4 cm³/mol. The van der Waals surface area contributed by atoms with Crippen LogP contribution >= 0.6 is 0 Å². The van der Waals surface area contributed by atoms with E-state index >= 15 is 0 Å². The van der Waals surface area contributed by atoms with Crippen LogP contribution in [0.5, 0.6) is 5.75 Å². The van der Waals surface area contributed by atoms with Crippen LogP contribution in [0.25, 0.3) is 11.1 Å². The van der Waals surface area contributed by atoms with Gasteiger partial charge in [-0.2, -0.15) is 0 Å². The largest absolute Gasteiger partial charge is 0.497 e. The minimum atomic E-state index is -0.206. The Morgan fingerprint density at radius 3 is 2.20 bits per heavy atom. The molecule has 0 fully saturated rings. The maximum absolute atomic E-state index is 13.4. The summed E-state index contributed by atoms with van der Waals surface area (Å²) in [6.07, 6.45) is 0. The SMILES string of the molecule is COc1ccc(-c2ccccc2F)cc1. The maximum Gasteiger partial charge on any atom is 0.131 e. The van der Waals surface area contributed by atoms with Gasteiger partial charge in [-0.15, -0.1) is 0 Å². The van der Waals surface area contributed by atoms with Crippen molar-refractivity contribution < 1.29 is 9.13 Å². The number of rotatable bonds is 2. The molecule has 15 heavy (non-hydrogen) atoms. The number of ether oxygens (including phenoxy) is 1. The van der Waals surface area contributed by atoms with Crippen LogP contribution in [0, 0.1) is 5.82 Å². The van der Waals surface area contributed by atoms with Gasteiger partial charge in [0, 0.05) is 5.56 Å². The molecule has 2 aromatic rings. The van der Waals surface area contributed by atoms with E-state index in [9.17, 15) is 4.39 Å². The van der Waals surface area contributed by atoms with Gasteiger partial charge in [0.15, 0.2) is 0 Å². The fourth-order valence-corrected chi connectivity index (χ4v) is 1.47. The molecular formula is C13H11FO. The van der Waals surface area contributed by atoms with Crippen molar-refractivity contribution >= 4 is 0 Å². The molecule has 0 heterocycles. The van der Waals surface area contributed by atoms with Crippen LogP contribution in [0.3, 0.4) is 0 Å². The van der Waals surface area contributed by atoms with Gasteiger partial charge < -0.3 is 4.74 Å². The average Bonchev–Trinajstić information content (AvgIpc) is 2.30. The van der Waals surface area contributed by atoms with E-state index in [1.54, 1.807) is 19.2 Å². The zero-order valence-electron chi connectivity index (χ0n) is 8.41. The van der Waals surface area contributed by atoms with Crippen molar-refractivity contribution in [2.45, 2.75) is 0 Å². The van der Waals surface area contributed by atoms with Gasteiger partial charge >= 0.3 is 0 Å². The molecule has 0 atom stereocenters. The molecule has 0 unspecified atom stereocenters. The van der Waals surface area contributed by atoms with Gasteiger partial charge in [0.2, 0.25) is 0 Å². The van der Waals surface area contributed by atoms with Crippen LogP contribution in [0.4, 0.5) is 4.39 Å². The second kappa shape index (κ2) is 4.13. The summed E-state index contributed by atoms with van der Waals surface area (Å²) in [4.78, 5) is 0. The summed E-state index contributed by atoms with van der Waals surface area (Å²) in [6.45, 7) is 0. The smallest absolute Gasteiger partial charge is 0.131 e. The molecule has 0 saturated carbocycles. The first-order chi connectivity index (χ1) is 7.31. The minimum Gasteiger partial charge on any atom is -0.497 e. The first kappa shape index (κ1) is 9.71. The molecule has 76 valence electrons. The highest BCUT2D eigenvalue weighted by Crippen LogP contribution is 2.24. The van der Waals surface area contributed by atoms with Gasteiger partial charge in [-0.05, 0) is 23.8 Å². The molecule has 0 bridgehead atoms. The van der Waals surface area contributed by atoms with Crippen molar-refractivity contribution in [2.75, 3.05) is 7.11 Å². The third-order valence-electron chi connectivity index (χ3n) is 2.27. The van der Waals surface area contributed by atoms with Crippen LogP contribution in [0.15, 0.2) is 48.5 Å². The zero-order valence-corrected chi connectivity index (χ0v) is 8.41. The van der Waals surface area contributed by atoms with E-state index in [1.165, 1.54) is 6.07 Å². The summed E-state index contributed by atoms with van der Waals surface area (Å²) >= 11 is 0. The number of benzene rings is 2. The molecule has 0 aliphatic carbocycles. The fraction of sp³-hybridized carbons (Fsp3) is 0.0769. The lowest BCUT2D eigenvalue weighted by Gasteiger charge is -2.04. The van der Waals surface area contributed by atoms with Crippen molar-refractivity contribution in [1.29, 1.82) is 0 Å². The summed E-state index contributed by atoms with van der Waals surface area (Å²) < 4.78 is 18.5. The second-order valence-corrected chi connectivity index (χ2v) is 3.21. The molecule has 2 rings (SSSR count). The molecule has 0 saturated heterocycles. The van der Waals surface area contributed by atoms with Crippen molar-refractivity contribution in [3.8, 4) is 16.9 Å². The number of hydrogen-bond acceptors (Lipinski definition) is 1. The van der Waals surface area contributed by atoms with Crippen molar-refractivity contribution in [1.82, 2.24) is 0 Å². The monoisotopic (exact) mass is 202 g/mol. The molecule has 0 aromatic heterocycles. The van der Waals surface area contributed by atoms with E-state index in [0.717, 1.165) is 11.3 Å².